The second-order valence-corrected chi connectivity index (χ2v) is 5.62. The summed E-state index contributed by atoms with van der Waals surface area (Å²) in [4.78, 5) is 31.2. The molecule has 2 aromatic heterocycles. The van der Waals surface area contributed by atoms with Crippen LogP contribution in [0.1, 0.15) is 13.2 Å². The summed E-state index contributed by atoms with van der Waals surface area (Å²) in [5.41, 5.74) is 4.16. The number of terminal acetylenes is 1. The van der Waals surface area contributed by atoms with E-state index in [1.807, 2.05) is 0 Å². The molecule has 24 heavy (non-hydrogen) atoms. The lowest BCUT2D eigenvalue weighted by Gasteiger charge is -2.16. The number of nitrogens with zero attached hydrogens (tertiary/aromatic N) is 3. The zero-order valence-electron chi connectivity index (χ0n) is 12.8. The first-order valence-corrected chi connectivity index (χ1v) is 7.25. The number of fused-ring (bicyclic) bond motifs is 1. The molecule has 4 atom stereocenters. The van der Waals surface area contributed by atoms with Crippen LogP contribution in [0.2, 0.25) is 0 Å². The Labute approximate surface area is 134 Å². The van der Waals surface area contributed by atoms with Gasteiger partial charge in [0.1, 0.15) is 18.5 Å². The number of halogens is 1. The van der Waals surface area contributed by atoms with E-state index >= 15 is 0 Å². The molecule has 9 nitrogen and oxygen atoms in total. The summed E-state index contributed by atoms with van der Waals surface area (Å²) < 4.78 is 21.8. The fraction of sp³-hybridized carbons (Fsp3) is 0.500. The maximum absolute atomic E-state index is 14.2. The average Bonchev–Trinajstić information content (AvgIpc) is 2.96. The van der Waals surface area contributed by atoms with Crippen molar-refractivity contribution < 1.29 is 14.2 Å². The molecule has 0 aromatic carbocycles. The molecular weight excluding hydrogens is 321 g/mol. The van der Waals surface area contributed by atoms with Crippen molar-refractivity contribution in [3.63, 3.8) is 0 Å². The molecule has 1 saturated heterocycles. The normalized spacial score (nSPS) is 26.8. The van der Waals surface area contributed by atoms with Crippen LogP contribution in [-0.4, -0.2) is 43.1 Å². The largest absolute Gasteiger partial charge is 0.394 e. The van der Waals surface area contributed by atoms with E-state index in [0.717, 1.165) is 9.13 Å². The lowest BCUT2D eigenvalue weighted by atomic mass is 10.0. The summed E-state index contributed by atoms with van der Waals surface area (Å²) in [6.07, 6.45) is 1.67. The lowest BCUT2D eigenvalue weighted by molar-refractivity contribution is -0.0381. The Hall–Kier alpha value is -2.64. The minimum absolute atomic E-state index is 0.0425. The van der Waals surface area contributed by atoms with Crippen LogP contribution in [0.4, 0.5) is 10.3 Å². The number of anilines is 1. The molecule has 0 saturated carbocycles. The van der Waals surface area contributed by atoms with Crippen molar-refractivity contribution in [1.29, 1.82) is 0 Å². The first-order valence-electron chi connectivity index (χ1n) is 7.25. The van der Waals surface area contributed by atoms with Gasteiger partial charge in [0.2, 0.25) is 5.95 Å². The molecule has 0 radical (unpaired) electrons. The lowest BCUT2D eigenvalue weighted by Crippen LogP contribution is -2.30. The maximum atomic E-state index is 14.2. The van der Waals surface area contributed by atoms with Crippen LogP contribution >= 0.6 is 0 Å². The summed E-state index contributed by atoms with van der Waals surface area (Å²) in [6, 6.07) is 0. The first kappa shape index (κ1) is 16.2. The number of hydrogen-bond donors (Lipinski definition) is 3. The van der Waals surface area contributed by atoms with Crippen molar-refractivity contribution in [3.8, 4) is 12.3 Å². The molecule has 1 aliphatic heterocycles. The fourth-order valence-corrected chi connectivity index (χ4v) is 2.98. The van der Waals surface area contributed by atoms with Gasteiger partial charge in [-0.2, -0.15) is 4.98 Å². The highest BCUT2D eigenvalue weighted by atomic mass is 19.1. The second-order valence-electron chi connectivity index (χ2n) is 5.62. The van der Waals surface area contributed by atoms with Gasteiger partial charge < -0.3 is 15.6 Å². The van der Waals surface area contributed by atoms with E-state index < -0.39 is 42.3 Å². The Bertz CT molecular complexity index is 940. The molecule has 4 N–H and O–H groups in total. The van der Waals surface area contributed by atoms with Gasteiger partial charge in [0, 0.05) is 5.92 Å². The van der Waals surface area contributed by atoms with Gasteiger partial charge in [-0.15, -0.1) is 6.42 Å². The Balaban J connectivity index is 2.30. The van der Waals surface area contributed by atoms with Gasteiger partial charge in [-0.3, -0.25) is 14.3 Å². The molecule has 3 heterocycles. The van der Waals surface area contributed by atoms with Crippen LogP contribution < -0.4 is 17.0 Å². The Morgan fingerprint density at radius 1 is 1.54 bits per heavy atom. The second kappa shape index (κ2) is 5.77. The zero-order valence-corrected chi connectivity index (χ0v) is 12.8. The number of aliphatic hydroxyl groups excluding tert-OH is 1. The molecule has 1 fully saturated rings. The first-order chi connectivity index (χ1) is 11.4. The van der Waals surface area contributed by atoms with E-state index in [1.165, 1.54) is 6.92 Å². The van der Waals surface area contributed by atoms with Crippen LogP contribution in [0.15, 0.2) is 9.59 Å². The molecule has 0 amide bonds. The number of rotatable bonds is 3. The molecule has 0 aliphatic carbocycles. The van der Waals surface area contributed by atoms with Gasteiger partial charge in [-0.25, -0.2) is 13.8 Å². The van der Waals surface area contributed by atoms with E-state index in [4.69, 9.17) is 16.9 Å². The number of hydrogen-bond acceptors (Lipinski definition) is 6. The number of aliphatic hydroxyl groups is 1. The number of alkyl halides is 1. The molecule has 0 spiro atoms. The van der Waals surface area contributed by atoms with E-state index in [9.17, 15) is 19.1 Å². The van der Waals surface area contributed by atoms with Crippen LogP contribution in [0.25, 0.3) is 11.2 Å². The number of nitrogens with one attached hydrogen (secondary N) is 1. The van der Waals surface area contributed by atoms with Gasteiger partial charge in [0.05, 0.1) is 13.2 Å². The van der Waals surface area contributed by atoms with Crippen molar-refractivity contribution in [1.82, 2.24) is 19.1 Å². The third-order valence-electron chi connectivity index (χ3n) is 4.14. The number of imidazole rings is 1. The highest BCUT2D eigenvalue weighted by molar-refractivity contribution is 5.72. The van der Waals surface area contributed by atoms with E-state index in [2.05, 4.69) is 15.9 Å². The Morgan fingerprint density at radius 2 is 2.25 bits per heavy atom. The highest BCUT2D eigenvalue weighted by Gasteiger charge is 2.44. The number of aromatic amines is 1. The predicted molar refractivity (Wildman–Crippen MR) is 82.9 cm³/mol. The molecule has 10 heteroatoms. The van der Waals surface area contributed by atoms with Gasteiger partial charge in [0.25, 0.3) is 5.56 Å². The quantitative estimate of drug-likeness (QED) is 0.614. The van der Waals surface area contributed by atoms with Gasteiger partial charge in [-0.05, 0) is 0 Å². The number of H-pyrrole nitrogens is 1. The van der Waals surface area contributed by atoms with E-state index in [1.54, 1.807) is 0 Å². The van der Waals surface area contributed by atoms with Crippen LogP contribution in [-0.2, 0) is 11.3 Å². The molecule has 2 aromatic rings. The number of aromatic nitrogens is 4. The summed E-state index contributed by atoms with van der Waals surface area (Å²) in [6.45, 7) is 0.842. The smallest absolute Gasteiger partial charge is 0.333 e. The predicted octanol–water partition coefficient (Wildman–Crippen LogP) is -1.03. The van der Waals surface area contributed by atoms with Gasteiger partial charge >= 0.3 is 5.69 Å². The molecule has 3 rings (SSSR count). The van der Waals surface area contributed by atoms with Crippen molar-refractivity contribution in [2.75, 3.05) is 12.3 Å². The average molecular weight is 337 g/mol. The van der Waals surface area contributed by atoms with Crippen molar-refractivity contribution in [2.45, 2.75) is 32.0 Å². The molecule has 0 unspecified atom stereocenters. The molecule has 1 aliphatic rings. The van der Waals surface area contributed by atoms with E-state index in [-0.39, 0.29) is 23.7 Å². The third kappa shape index (κ3) is 2.21. The molecular formula is C14H16FN5O4. The molecule has 0 bridgehead atoms. The van der Waals surface area contributed by atoms with Crippen LogP contribution in [0.5, 0.6) is 0 Å². The minimum atomic E-state index is -1.47. The number of ether oxygens (including phenoxy) is 1. The van der Waals surface area contributed by atoms with E-state index in [0.29, 0.717) is 0 Å². The molecule has 128 valence electrons. The summed E-state index contributed by atoms with van der Waals surface area (Å²) >= 11 is 0. The number of nitrogens with two attached hydrogens (primary N) is 1. The summed E-state index contributed by atoms with van der Waals surface area (Å²) in [7, 11) is 0. The van der Waals surface area contributed by atoms with Crippen LogP contribution in [0.3, 0.4) is 0 Å². The summed E-state index contributed by atoms with van der Waals surface area (Å²) in [5, 5.41) is 9.20. The monoisotopic (exact) mass is 337 g/mol. The fourth-order valence-electron chi connectivity index (χ4n) is 2.98. The maximum Gasteiger partial charge on any atom is 0.333 e. The third-order valence-corrected chi connectivity index (χ3v) is 4.14. The van der Waals surface area contributed by atoms with Gasteiger partial charge in [0.15, 0.2) is 11.2 Å². The number of nitrogen functional groups attached to an aromatic ring is 1. The summed E-state index contributed by atoms with van der Waals surface area (Å²) in [5.74, 6) is 1.35. The standard InChI is InChI=1S/C14H16FN5O4/c1-3-4-19-9-10(17-13(16)18-11(9)22)20(14(19)23)12-6(2)8(15)7(5-21)24-12/h1,6-8,12,21H,4-5H2,2H3,(H3,16,17,18,22)/t6-,7-,8+,12-/m1/s1. The van der Waals surface area contributed by atoms with Crippen molar-refractivity contribution in [2.24, 2.45) is 5.92 Å². The Morgan fingerprint density at radius 3 is 2.83 bits per heavy atom. The van der Waals surface area contributed by atoms with Crippen LogP contribution in [0, 0.1) is 18.3 Å². The highest BCUT2D eigenvalue weighted by Crippen LogP contribution is 2.36. The van der Waals surface area contributed by atoms with Gasteiger partial charge in [-0.1, -0.05) is 12.8 Å². The van der Waals surface area contributed by atoms with Crippen molar-refractivity contribution in [3.05, 3.63) is 20.8 Å². The SMILES string of the molecule is C#CCn1c(=O)n([C@@H]2O[C@H](CO)[C@@H](F)[C@H]2C)c2nc(N)[nH]c(=O)c21. The Kier molecular flexibility index (Phi) is 3.90. The minimum Gasteiger partial charge on any atom is -0.394 e. The zero-order chi connectivity index (χ0) is 17.6. The van der Waals surface area contributed by atoms with Crippen molar-refractivity contribution >= 4 is 17.1 Å². The topological polar surface area (TPSA) is 128 Å².